The minimum atomic E-state index is -1.00. The molecule has 6 heteroatoms. The number of hydrogen-bond donors (Lipinski definition) is 3. The van der Waals surface area contributed by atoms with Gasteiger partial charge in [-0.1, -0.05) is 37.1 Å². The Morgan fingerprint density at radius 2 is 1.56 bits per heavy atom. The SMILES string of the molecule is CC(C)=CCC/C(C)=C\C[C@](C)(CCC(=O)O)C(=O)O.CC[C@H](C)C(=O)O. The van der Waals surface area contributed by atoms with E-state index in [1.54, 1.807) is 13.8 Å². The Morgan fingerprint density at radius 1 is 1.00 bits per heavy atom. The van der Waals surface area contributed by atoms with Crippen LogP contribution in [0.3, 0.4) is 0 Å². The van der Waals surface area contributed by atoms with Crippen molar-refractivity contribution in [3.63, 3.8) is 0 Å². The van der Waals surface area contributed by atoms with Crippen molar-refractivity contribution in [1.29, 1.82) is 0 Å². The van der Waals surface area contributed by atoms with E-state index in [0.717, 1.165) is 24.8 Å². The van der Waals surface area contributed by atoms with Crippen molar-refractivity contribution in [1.82, 2.24) is 0 Å². The van der Waals surface area contributed by atoms with E-state index in [4.69, 9.17) is 10.2 Å². The standard InChI is InChI=1S/C16H26O4.C5H10O2/c1-12(2)6-5-7-13(3)8-10-16(4,15(19)20)11-9-14(17)18;1-3-4(2)5(6)7/h6,8H,5,7,9-11H2,1-4H3,(H,17,18)(H,19,20);4H,3H2,1-2H3,(H,6,7)/b13-8-;/t16-;4-/m10/s1. The largest absolute Gasteiger partial charge is 0.481 e. The molecular formula is C21H36O6. The average molecular weight is 385 g/mol. The summed E-state index contributed by atoms with van der Waals surface area (Å²) in [6.07, 6.45) is 7.05. The first kappa shape index (κ1) is 27.1. The molecule has 0 aliphatic carbocycles. The highest BCUT2D eigenvalue weighted by atomic mass is 16.4. The normalized spacial score (nSPS) is 14.2. The molecule has 0 saturated carbocycles. The van der Waals surface area contributed by atoms with Crippen LogP contribution in [0.4, 0.5) is 0 Å². The van der Waals surface area contributed by atoms with Crippen LogP contribution in [0.15, 0.2) is 23.3 Å². The number of carbonyl (C=O) groups is 3. The first-order valence-corrected chi connectivity index (χ1v) is 9.32. The molecule has 0 amide bonds. The van der Waals surface area contributed by atoms with Gasteiger partial charge in [0, 0.05) is 6.42 Å². The van der Waals surface area contributed by atoms with Gasteiger partial charge in [-0.15, -0.1) is 0 Å². The first-order valence-electron chi connectivity index (χ1n) is 9.32. The summed E-state index contributed by atoms with van der Waals surface area (Å²) < 4.78 is 0. The maximum absolute atomic E-state index is 11.3. The number of hydrogen-bond acceptors (Lipinski definition) is 3. The fourth-order valence-electron chi connectivity index (χ4n) is 1.94. The second kappa shape index (κ2) is 14.0. The molecular weight excluding hydrogens is 348 g/mol. The highest BCUT2D eigenvalue weighted by Gasteiger charge is 2.32. The Labute approximate surface area is 163 Å². The van der Waals surface area contributed by atoms with E-state index in [1.165, 1.54) is 5.57 Å². The average Bonchev–Trinajstić information content (AvgIpc) is 2.57. The molecule has 2 atom stereocenters. The number of allylic oxidation sites excluding steroid dienone is 4. The van der Waals surface area contributed by atoms with Crippen LogP contribution in [0, 0.1) is 11.3 Å². The topological polar surface area (TPSA) is 112 Å². The fourth-order valence-corrected chi connectivity index (χ4v) is 1.94. The smallest absolute Gasteiger partial charge is 0.309 e. The third-order valence-corrected chi connectivity index (χ3v) is 4.43. The molecule has 156 valence electrons. The molecule has 0 bridgehead atoms. The van der Waals surface area contributed by atoms with Crippen LogP contribution in [-0.2, 0) is 14.4 Å². The molecule has 6 nitrogen and oxygen atoms in total. The summed E-state index contributed by atoms with van der Waals surface area (Å²) in [5.74, 6) is -2.78. The van der Waals surface area contributed by atoms with Crippen molar-refractivity contribution in [3.8, 4) is 0 Å². The van der Waals surface area contributed by atoms with Gasteiger partial charge < -0.3 is 15.3 Å². The summed E-state index contributed by atoms with van der Waals surface area (Å²) in [4.78, 5) is 31.8. The maximum atomic E-state index is 11.3. The van der Waals surface area contributed by atoms with E-state index >= 15 is 0 Å². The number of carboxylic acids is 3. The van der Waals surface area contributed by atoms with Crippen molar-refractivity contribution in [2.75, 3.05) is 0 Å². The van der Waals surface area contributed by atoms with E-state index in [1.807, 2.05) is 33.8 Å². The van der Waals surface area contributed by atoms with E-state index in [0.29, 0.717) is 6.42 Å². The molecule has 0 heterocycles. The van der Waals surface area contributed by atoms with Crippen LogP contribution < -0.4 is 0 Å². The Morgan fingerprint density at radius 3 is 1.89 bits per heavy atom. The van der Waals surface area contributed by atoms with Crippen molar-refractivity contribution in [2.24, 2.45) is 11.3 Å². The van der Waals surface area contributed by atoms with Crippen molar-refractivity contribution in [2.45, 2.75) is 80.1 Å². The molecule has 0 radical (unpaired) electrons. The van der Waals surface area contributed by atoms with Crippen LogP contribution in [-0.4, -0.2) is 33.2 Å². The van der Waals surface area contributed by atoms with E-state index in [2.05, 4.69) is 6.08 Å². The summed E-state index contributed by atoms with van der Waals surface area (Å²) in [5, 5.41) is 26.1. The molecule has 0 aromatic carbocycles. The lowest BCUT2D eigenvalue weighted by molar-refractivity contribution is -0.149. The molecule has 0 fully saturated rings. The minimum absolute atomic E-state index is 0.118. The Balaban J connectivity index is 0. The van der Waals surface area contributed by atoms with Crippen LogP contribution in [0.25, 0.3) is 0 Å². The van der Waals surface area contributed by atoms with E-state index in [-0.39, 0.29) is 18.8 Å². The number of rotatable bonds is 11. The Bertz CT molecular complexity index is 543. The van der Waals surface area contributed by atoms with Crippen molar-refractivity contribution in [3.05, 3.63) is 23.3 Å². The second-order valence-electron chi connectivity index (χ2n) is 7.48. The first-order chi connectivity index (χ1) is 12.4. The summed E-state index contributed by atoms with van der Waals surface area (Å²) >= 11 is 0. The summed E-state index contributed by atoms with van der Waals surface area (Å²) in [6, 6.07) is 0. The van der Waals surface area contributed by atoms with Gasteiger partial charge in [0.25, 0.3) is 0 Å². The van der Waals surface area contributed by atoms with Gasteiger partial charge in [-0.25, -0.2) is 0 Å². The molecule has 0 aliphatic rings. The van der Waals surface area contributed by atoms with Gasteiger partial charge in [0.2, 0.25) is 0 Å². The molecule has 0 saturated heterocycles. The zero-order valence-electron chi connectivity index (χ0n) is 17.5. The van der Waals surface area contributed by atoms with Crippen LogP contribution in [0.5, 0.6) is 0 Å². The highest BCUT2D eigenvalue weighted by molar-refractivity contribution is 5.75. The predicted octanol–water partition coefficient (Wildman–Crippen LogP) is 5.14. The lowest BCUT2D eigenvalue weighted by atomic mass is 9.81. The monoisotopic (exact) mass is 384 g/mol. The van der Waals surface area contributed by atoms with Crippen molar-refractivity contribution < 1.29 is 29.7 Å². The second-order valence-corrected chi connectivity index (χ2v) is 7.48. The highest BCUT2D eigenvalue weighted by Crippen LogP contribution is 2.29. The van der Waals surface area contributed by atoms with E-state index < -0.39 is 23.3 Å². The molecule has 0 rings (SSSR count). The van der Waals surface area contributed by atoms with Gasteiger partial charge in [-0.05, 0) is 59.8 Å². The summed E-state index contributed by atoms with van der Waals surface area (Å²) in [7, 11) is 0. The van der Waals surface area contributed by atoms with Gasteiger partial charge in [0.15, 0.2) is 0 Å². The van der Waals surface area contributed by atoms with Crippen LogP contribution in [0.1, 0.15) is 80.1 Å². The maximum Gasteiger partial charge on any atom is 0.309 e. The molecule has 0 spiro atoms. The zero-order chi connectivity index (χ0) is 21.6. The lowest BCUT2D eigenvalue weighted by Gasteiger charge is -2.22. The van der Waals surface area contributed by atoms with Gasteiger partial charge in [-0.2, -0.15) is 0 Å². The predicted molar refractivity (Wildman–Crippen MR) is 107 cm³/mol. The quantitative estimate of drug-likeness (QED) is 0.425. The number of aliphatic carboxylic acids is 3. The third-order valence-electron chi connectivity index (χ3n) is 4.43. The third kappa shape index (κ3) is 14.7. The Kier molecular flexibility index (Phi) is 14.1. The van der Waals surface area contributed by atoms with Crippen molar-refractivity contribution >= 4 is 17.9 Å². The molecule has 0 aliphatic heterocycles. The summed E-state index contributed by atoms with van der Waals surface area (Å²) in [5.41, 5.74) is 1.41. The number of carboxylic acid groups (broad SMARTS) is 3. The summed E-state index contributed by atoms with van der Waals surface area (Å²) in [6.45, 7) is 11.2. The van der Waals surface area contributed by atoms with Gasteiger partial charge >= 0.3 is 17.9 Å². The molecule has 0 aromatic rings. The fraction of sp³-hybridized carbons (Fsp3) is 0.667. The molecule has 3 N–H and O–H groups in total. The zero-order valence-corrected chi connectivity index (χ0v) is 17.5. The molecule has 0 aromatic heterocycles. The molecule has 27 heavy (non-hydrogen) atoms. The molecule has 0 unspecified atom stereocenters. The van der Waals surface area contributed by atoms with Gasteiger partial charge in [0.05, 0.1) is 11.3 Å². The lowest BCUT2D eigenvalue weighted by Crippen LogP contribution is -2.27. The van der Waals surface area contributed by atoms with Crippen LogP contribution >= 0.6 is 0 Å². The van der Waals surface area contributed by atoms with Gasteiger partial charge in [-0.3, -0.25) is 14.4 Å². The Hall–Kier alpha value is -2.11. The van der Waals surface area contributed by atoms with Gasteiger partial charge in [0.1, 0.15) is 0 Å². The minimum Gasteiger partial charge on any atom is -0.481 e. The van der Waals surface area contributed by atoms with Crippen LogP contribution in [0.2, 0.25) is 0 Å². The van der Waals surface area contributed by atoms with E-state index in [9.17, 15) is 19.5 Å².